The highest BCUT2D eigenvalue weighted by Gasteiger charge is 2.27. The zero-order valence-corrected chi connectivity index (χ0v) is 14.8. The molecule has 1 aliphatic heterocycles. The Balaban J connectivity index is 1.78. The molecule has 1 saturated heterocycles. The van der Waals surface area contributed by atoms with Crippen LogP contribution in [0.2, 0.25) is 0 Å². The molecule has 3 rings (SSSR count). The second-order valence-corrected chi connectivity index (χ2v) is 7.69. The molecule has 1 unspecified atom stereocenters. The molecule has 136 valence electrons. The fraction of sp³-hybridized carbons (Fsp3) is 0.412. The standard InChI is InChI=1S/C17H21FN2O4S/c1-13-5-6-17(24-13)16(20-7-9-23-10-8-20)12-19-25(21,22)15-4-2-3-14(18)11-15/h2-6,11,16,19H,7-10,12H2,1H3. The molecule has 0 radical (unpaired) electrons. The predicted molar refractivity (Wildman–Crippen MR) is 90.2 cm³/mol. The van der Waals surface area contributed by atoms with E-state index in [9.17, 15) is 12.8 Å². The molecule has 0 bridgehead atoms. The minimum absolute atomic E-state index is 0.0937. The van der Waals surface area contributed by atoms with Gasteiger partial charge < -0.3 is 9.15 Å². The van der Waals surface area contributed by atoms with Crippen LogP contribution < -0.4 is 4.72 Å². The van der Waals surface area contributed by atoms with Gasteiger partial charge >= 0.3 is 0 Å². The van der Waals surface area contributed by atoms with Crippen molar-refractivity contribution in [3.05, 3.63) is 53.7 Å². The zero-order chi connectivity index (χ0) is 17.9. The maximum absolute atomic E-state index is 13.3. The van der Waals surface area contributed by atoms with Crippen molar-refractivity contribution in [2.75, 3.05) is 32.8 Å². The van der Waals surface area contributed by atoms with Crippen LogP contribution in [0.5, 0.6) is 0 Å². The Bertz CT molecular complexity index is 816. The van der Waals surface area contributed by atoms with Crippen LogP contribution in [0.15, 0.2) is 45.7 Å². The number of aryl methyl sites for hydroxylation is 1. The summed E-state index contributed by atoms with van der Waals surface area (Å²) in [7, 11) is -3.81. The number of nitrogens with zero attached hydrogens (tertiary/aromatic N) is 1. The number of hydrogen-bond donors (Lipinski definition) is 1. The first-order valence-electron chi connectivity index (χ1n) is 8.09. The topological polar surface area (TPSA) is 71.8 Å². The minimum atomic E-state index is -3.81. The quantitative estimate of drug-likeness (QED) is 0.845. The number of sulfonamides is 1. The number of benzene rings is 1. The van der Waals surface area contributed by atoms with Gasteiger partial charge in [-0.25, -0.2) is 17.5 Å². The lowest BCUT2D eigenvalue weighted by Gasteiger charge is -2.33. The zero-order valence-electron chi connectivity index (χ0n) is 13.9. The molecule has 1 aromatic heterocycles. The minimum Gasteiger partial charge on any atom is -0.465 e. The number of hydrogen-bond acceptors (Lipinski definition) is 5. The molecular formula is C17H21FN2O4S. The summed E-state index contributed by atoms with van der Waals surface area (Å²) in [4.78, 5) is 2.03. The first kappa shape index (κ1) is 18.1. The molecule has 6 nitrogen and oxygen atoms in total. The van der Waals surface area contributed by atoms with Gasteiger partial charge in [-0.15, -0.1) is 0 Å². The van der Waals surface area contributed by atoms with Gasteiger partial charge in [0.25, 0.3) is 0 Å². The highest BCUT2D eigenvalue weighted by atomic mass is 32.2. The van der Waals surface area contributed by atoms with Crippen LogP contribution >= 0.6 is 0 Å². The predicted octanol–water partition coefficient (Wildman–Crippen LogP) is 2.08. The summed E-state index contributed by atoms with van der Waals surface area (Å²) in [6, 6.07) is 8.41. The second kappa shape index (κ2) is 7.65. The molecule has 1 fully saturated rings. The summed E-state index contributed by atoms with van der Waals surface area (Å²) in [6.45, 7) is 4.53. The largest absolute Gasteiger partial charge is 0.465 e. The maximum atomic E-state index is 13.3. The van der Waals surface area contributed by atoms with Crippen molar-refractivity contribution in [1.29, 1.82) is 0 Å². The van der Waals surface area contributed by atoms with Crippen molar-refractivity contribution in [3.63, 3.8) is 0 Å². The van der Waals surface area contributed by atoms with E-state index in [1.165, 1.54) is 18.2 Å². The number of furan rings is 1. The smallest absolute Gasteiger partial charge is 0.240 e. The number of nitrogens with one attached hydrogen (secondary N) is 1. The summed E-state index contributed by atoms with van der Waals surface area (Å²) in [5, 5.41) is 0. The fourth-order valence-electron chi connectivity index (χ4n) is 2.84. The number of halogens is 1. The van der Waals surface area contributed by atoms with Crippen molar-refractivity contribution < 1.29 is 22.0 Å². The molecule has 1 atom stereocenters. The number of morpholine rings is 1. The molecule has 25 heavy (non-hydrogen) atoms. The van der Waals surface area contributed by atoms with E-state index in [4.69, 9.17) is 9.15 Å². The van der Waals surface area contributed by atoms with Gasteiger partial charge in [-0.1, -0.05) is 6.07 Å². The van der Waals surface area contributed by atoms with E-state index >= 15 is 0 Å². The van der Waals surface area contributed by atoms with E-state index in [0.717, 1.165) is 11.8 Å². The van der Waals surface area contributed by atoms with Gasteiger partial charge in [-0.3, -0.25) is 4.90 Å². The lowest BCUT2D eigenvalue weighted by molar-refractivity contribution is 0.0127. The Morgan fingerprint density at radius 2 is 2.00 bits per heavy atom. The van der Waals surface area contributed by atoms with Gasteiger partial charge in [0.1, 0.15) is 17.3 Å². The van der Waals surface area contributed by atoms with E-state index in [1.54, 1.807) is 0 Å². The Morgan fingerprint density at radius 1 is 1.24 bits per heavy atom. The molecule has 1 aliphatic rings. The third-order valence-electron chi connectivity index (χ3n) is 4.15. The average Bonchev–Trinajstić information content (AvgIpc) is 3.02. The average molecular weight is 368 g/mol. The van der Waals surface area contributed by atoms with Crippen LogP contribution in [-0.4, -0.2) is 46.2 Å². The first-order valence-corrected chi connectivity index (χ1v) is 9.57. The lowest BCUT2D eigenvalue weighted by Crippen LogP contribution is -2.43. The third-order valence-corrected chi connectivity index (χ3v) is 5.57. The number of rotatable bonds is 6. The van der Waals surface area contributed by atoms with Crippen LogP contribution in [-0.2, 0) is 14.8 Å². The second-order valence-electron chi connectivity index (χ2n) is 5.92. The van der Waals surface area contributed by atoms with Gasteiger partial charge in [0.2, 0.25) is 10.0 Å². The molecule has 1 aromatic carbocycles. The molecule has 0 saturated carbocycles. The summed E-state index contributed by atoms with van der Waals surface area (Å²) >= 11 is 0. The van der Waals surface area contributed by atoms with E-state index < -0.39 is 15.8 Å². The molecule has 0 amide bonds. The van der Waals surface area contributed by atoms with Crippen molar-refractivity contribution in [2.24, 2.45) is 0 Å². The van der Waals surface area contributed by atoms with Crippen molar-refractivity contribution in [3.8, 4) is 0 Å². The van der Waals surface area contributed by atoms with Crippen molar-refractivity contribution in [2.45, 2.75) is 17.9 Å². The molecule has 2 heterocycles. The van der Waals surface area contributed by atoms with E-state index in [-0.39, 0.29) is 17.5 Å². The van der Waals surface area contributed by atoms with Crippen molar-refractivity contribution >= 4 is 10.0 Å². The van der Waals surface area contributed by atoms with E-state index in [0.29, 0.717) is 32.1 Å². The molecule has 0 aliphatic carbocycles. The Hall–Kier alpha value is -1.74. The molecule has 1 N–H and O–H groups in total. The molecule has 8 heteroatoms. The van der Waals surface area contributed by atoms with Crippen molar-refractivity contribution in [1.82, 2.24) is 9.62 Å². The van der Waals surface area contributed by atoms with Crippen LogP contribution in [0.3, 0.4) is 0 Å². The third kappa shape index (κ3) is 4.46. The first-order chi connectivity index (χ1) is 12.0. The lowest BCUT2D eigenvalue weighted by atomic mass is 10.2. The van der Waals surface area contributed by atoms with Crippen LogP contribution in [0.25, 0.3) is 0 Å². The summed E-state index contributed by atoms with van der Waals surface area (Å²) in [5.41, 5.74) is 0. The summed E-state index contributed by atoms with van der Waals surface area (Å²) < 4.78 is 51.9. The summed E-state index contributed by atoms with van der Waals surface area (Å²) in [5.74, 6) is 0.872. The van der Waals surface area contributed by atoms with Gasteiger partial charge in [0.15, 0.2) is 0 Å². The monoisotopic (exact) mass is 368 g/mol. The van der Waals surface area contributed by atoms with Crippen LogP contribution in [0.4, 0.5) is 4.39 Å². The van der Waals surface area contributed by atoms with Gasteiger partial charge in [0.05, 0.1) is 24.2 Å². The molecule has 0 spiro atoms. The Morgan fingerprint density at radius 3 is 2.64 bits per heavy atom. The highest BCUT2D eigenvalue weighted by molar-refractivity contribution is 7.89. The Kier molecular flexibility index (Phi) is 5.53. The molecular weight excluding hydrogens is 347 g/mol. The van der Waals surface area contributed by atoms with E-state index in [1.807, 2.05) is 19.1 Å². The highest BCUT2D eigenvalue weighted by Crippen LogP contribution is 2.24. The number of ether oxygens (including phenoxy) is 1. The van der Waals surface area contributed by atoms with Crippen LogP contribution in [0.1, 0.15) is 17.6 Å². The van der Waals surface area contributed by atoms with E-state index in [2.05, 4.69) is 9.62 Å². The van der Waals surface area contributed by atoms with Gasteiger partial charge in [0, 0.05) is 19.6 Å². The fourth-order valence-corrected chi connectivity index (χ4v) is 3.91. The van der Waals surface area contributed by atoms with Gasteiger partial charge in [-0.2, -0.15) is 0 Å². The van der Waals surface area contributed by atoms with Gasteiger partial charge in [-0.05, 0) is 37.3 Å². The maximum Gasteiger partial charge on any atom is 0.240 e. The van der Waals surface area contributed by atoms with Crippen LogP contribution in [0, 0.1) is 12.7 Å². The Labute approximate surface area is 146 Å². The molecule has 2 aromatic rings. The summed E-state index contributed by atoms with van der Waals surface area (Å²) in [6.07, 6.45) is 0. The SMILES string of the molecule is Cc1ccc(C(CNS(=O)(=O)c2cccc(F)c2)N2CCOCC2)o1. The normalized spacial score (nSPS) is 17.5.